The summed E-state index contributed by atoms with van der Waals surface area (Å²) in [5.74, 6) is 0. The first-order valence-electron chi connectivity index (χ1n) is 4.51. The Kier molecular flexibility index (Phi) is 3.01. The minimum Gasteiger partial charge on any atom is -0.250 e. The van der Waals surface area contributed by atoms with E-state index in [0.29, 0.717) is 0 Å². The number of rotatable bonds is 1. The first-order valence-corrected chi connectivity index (χ1v) is 5.32. The summed E-state index contributed by atoms with van der Waals surface area (Å²) in [5.41, 5.74) is 2.58. The zero-order chi connectivity index (χ0) is 10.1. The second-order valence-electron chi connectivity index (χ2n) is 4.32. The van der Waals surface area contributed by atoms with Crippen molar-refractivity contribution in [2.75, 3.05) is 0 Å². The van der Waals surface area contributed by atoms with Gasteiger partial charge in [-0.25, -0.2) is 4.98 Å². The smallest absolute Gasteiger partial charge is 0.0967 e. The third-order valence-electron chi connectivity index (χ3n) is 1.76. The second-order valence-corrected chi connectivity index (χ2v) is 6.17. The SMILES string of the molecule is Cc1cnc(SC(C)(C)C)cc1C. The van der Waals surface area contributed by atoms with Crippen molar-refractivity contribution in [3.8, 4) is 0 Å². The van der Waals surface area contributed by atoms with Crippen molar-refractivity contribution < 1.29 is 0 Å². The third-order valence-corrected chi connectivity index (χ3v) is 2.80. The van der Waals surface area contributed by atoms with Crippen molar-refractivity contribution >= 4 is 11.8 Å². The quantitative estimate of drug-likeness (QED) is 0.635. The van der Waals surface area contributed by atoms with E-state index in [0.717, 1.165) is 5.03 Å². The predicted octanol–water partition coefficient (Wildman–Crippen LogP) is 3.59. The molecule has 1 nitrogen and oxygen atoms in total. The topological polar surface area (TPSA) is 12.9 Å². The number of pyridine rings is 1. The summed E-state index contributed by atoms with van der Waals surface area (Å²) in [7, 11) is 0. The molecule has 1 aromatic rings. The van der Waals surface area contributed by atoms with Gasteiger partial charge in [0.05, 0.1) is 5.03 Å². The standard InChI is InChI=1S/C11H17NS/c1-8-6-10(12-7-9(8)2)13-11(3,4)5/h6-7H,1-5H3. The molecule has 0 bridgehead atoms. The Morgan fingerprint density at radius 1 is 1.15 bits per heavy atom. The zero-order valence-corrected chi connectivity index (χ0v) is 9.83. The number of aryl methyl sites for hydroxylation is 2. The highest BCUT2D eigenvalue weighted by molar-refractivity contribution is 8.00. The Hall–Kier alpha value is -0.500. The average molecular weight is 195 g/mol. The normalized spacial score (nSPS) is 11.8. The van der Waals surface area contributed by atoms with Crippen LogP contribution in [0.25, 0.3) is 0 Å². The van der Waals surface area contributed by atoms with Crippen molar-refractivity contribution in [3.63, 3.8) is 0 Å². The van der Waals surface area contributed by atoms with Gasteiger partial charge in [0.1, 0.15) is 0 Å². The summed E-state index contributed by atoms with van der Waals surface area (Å²) in [6, 6.07) is 2.16. The van der Waals surface area contributed by atoms with Crippen LogP contribution >= 0.6 is 11.8 Å². The number of hydrogen-bond acceptors (Lipinski definition) is 2. The molecule has 0 amide bonds. The fraction of sp³-hybridized carbons (Fsp3) is 0.545. The van der Waals surface area contributed by atoms with Crippen molar-refractivity contribution in [1.82, 2.24) is 4.98 Å². The van der Waals surface area contributed by atoms with Gasteiger partial charge < -0.3 is 0 Å². The monoisotopic (exact) mass is 195 g/mol. The molecule has 0 aliphatic rings. The molecule has 0 aliphatic carbocycles. The van der Waals surface area contributed by atoms with Gasteiger partial charge in [-0.1, -0.05) is 20.8 Å². The van der Waals surface area contributed by atoms with Crippen molar-refractivity contribution in [2.45, 2.75) is 44.4 Å². The summed E-state index contributed by atoms with van der Waals surface area (Å²) < 4.78 is 0.245. The van der Waals surface area contributed by atoms with Crippen LogP contribution in [-0.2, 0) is 0 Å². The number of nitrogens with zero attached hydrogens (tertiary/aromatic N) is 1. The maximum atomic E-state index is 4.39. The highest BCUT2D eigenvalue weighted by Gasteiger charge is 2.12. The molecule has 13 heavy (non-hydrogen) atoms. The van der Waals surface area contributed by atoms with E-state index in [1.54, 1.807) is 0 Å². The molecule has 0 saturated carbocycles. The van der Waals surface area contributed by atoms with E-state index < -0.39 is 0 Å². The Morgan fingerprint density at radius 2 is 1.77 bits per heavy atom. The fourth-order valence-corrected chi connectivity index (χ4v) is 1.94. The summed E-state index contributed by atoms with van der Waals surface area (Å²) >= 11 is 1.81. The Morgan fingerprint density at radius 3 is 2.23 bits per heavy atom. The van der Waals surface area contributed by atoms with Gasteiger partial charge in [0.15, 0.2) is 0 Å². The van der Waals surface area contributed by atoms with Crippen molar-refractivity contribution in [3.05, 3.63) is 23.4 Å². The molecule has 1 heterocycles. The van der Waals surface area contributed by atoms with E-state index in [2.05, 4.69) is 45.7 Å². The fourth-order valence-electron chi connectivity index (χ4n) is 0.968. The second kappa shape index (κ2) is 3.70. The van der Waals surface area contributed by atoms with Crippen molar-refractivity contribution in [2.24, 2.45) is 0 Å². The lowest BCUT2D eigenvalue weighted by Gasteiger charge is -2.17. The molecule has 0 spiro atoms. The molecule has 1 aromatic heterocycles. The number of hydrogen-bond donors (Lipinski definition) is 0. The molecule has 0 aliphatic heterocycles. The van der Waals surface area contributed by atoms with Crippen LogP contribution in [-0.4, -0.2) is 9.73 Å². The third kappa shape index (κ3) is 3.39. The molecule has 0 radical (unpaired) electrons. The van der Waals surface area contributed by atoms with Gasteiger partial charge >= 0.3 is 0 Å². The molecule has 2 heteroatoms. The van der Waals surface area contributed by atoms with E-state index in [1.165, 1.54) is 11.1 Å². The van der Waals surface area contributed by atoms with Gasteiger partial charge in [-0.2, -0.15) is 0 Å². The van der Waals surface area contributed by atoms with Crippen molar-refractivity contribution in [1.29, 1.82) is 0 Å². The highest BCUT2D eigenvalue weighted by atomic mass is 32.2. The van der Waals surface area contributed by atoms with Crippen LogP contribution in [0.2, 0.25) is 0 Å². The zero-order valence-electron chi connectivity index (χ0n) is 9.01. The minimum absolute atomic E-state index is 0.245. The Bertz CT molecular complexity index is 299. The lowest BCUT2D eigenvalue weighted by atomic mass is 10.2. The van der Waals surface area contributed by atoms with Crippen LogP contribution in [0.15, 0.2) is 17.3 Å². The Balaban J connectivity index is 2.86. The van der Waals surface area contributed by atoms with E-state index in [-0.39, 0.29) is 4.75 Å². The first kappa shape index (κ1) is 10.6. The molecule has 0 fully saturated rings. The van der Waals surface area contributed by atoms with Gasteiger partial charge in [-0.3, -0.25) is 0 Å². The van der Waals surface area contributed by atoms with Gasteiger partial charge in [0.25, 0.3) is 0 Å². The average Bonchev–Trinajstić information content (AvgIpc) is 1.94. The maximum Gasteiger partial charge on any atom is 0.0967 e. The summed E-state index contributed by atoms with van der Waals surface area (Å²) in [6.45, 7) is 10.8. The molecular weight excluding hydrogens is 178 g/mol. The molecule has 0 saturated heterocycles. The summed E-state index contributed by atoms with van der Waals surface area (Å²) in [4.78, 5) is 4.39. The van der Waals surface area contributed by atoms with E-state index >= 15 is 0 Å². The van der Waals surface area contributed by atoms with Crippen LogP contribution in [0.1, 0.15) is 31.9 Å². The molecule has 72 valence electrons. The van der Waals surface area contributed by atoms with Gasteiger partial charge in [-0.15, -0.1) is 11.8 Å². The van der Waals surface area contributed by atoms with Crippen LogP contribution < -0.4 is 0 Å². The molecule has 1 rings (SSSR count). The van der Waals surface area contributed by atoms with E-state index in [9.17, 15) is 0 Å². The number of thioether (sulfide) groups is 1. The van der Waals surface area contributed by atoms with Crippen LogP contribution in [0.3, 0.4) is 0 Å². The van der Waals surface area contributed by atoms with E-state index in [4.69, 9.17) is 0 Å². The first-order chi connectivity index (χ1) is 5.88. The predicted molar refractivity (Wildman–Crippen MR) is 59.3 cm³/mol. The molecule has 0 N–H and O–H groups in total. The largest absolute Gasteiger partial charge is 0.250 e. The molecule has 0 aromatic carbocycles. The van der Waals surface area contributed by atoms with Crippen LogP contribution in [0.5, 0.6) is 0 Å². The molecular formula is C11H17NS. The lowest BCUT2D eigenvalue weighted by molar-refractivity contribution is 0.799. The van der Waals surface area contributed by atoms with Gasteiger partial charge in [0, 0.05) is 10.9 Å². The van der Waals surface area contributed by atoms with Crippen LogP contribution in [0, 0.1) is 13.8 Å². The summed E-state index contributed by atoms with van der Waals surface area (Å²) in [6.07, 6.45) is 1.95. The van der Waals surface area contributed by atoms with E-state index in [1.807, 2.05) is 18.0 Å². The number of aromatic nitrogens is 1. The van der Waals surface area contributed by atoms with Gasteiger partial charge in [-0.05, 0) is 31.0 Å². The highest BCUT2D eigenvalue weighted by Crippen LogP contribution is 2.30. The lowest BCUT2D eigenvalue weighted by Crippen LogP contribution is -2.07. The molecule has 0 unspecified atom stereocenters. The van der Waals surface area contributed by atoms with Gasteiger partial charge in [0.2, 0.25) is 0 Å². The Labute approximate surface area is 85.0 Å². The minimum atomic E-state index is 0.245. The van der Waals surface area contributed by atoms with Crippen LogP contribution in [0.4, 0.5) is 0 Å². The summed E-state index contributed by atoms with van der Waals surface area (Å²) in [5, 5.41) is 1.12. The maximum absolute atomic E-state index is 4.39. The molecule has 0 atom stereocenters.